The molecule has 1 atom stereocenters. The van der Waals surface area contributed by atoms with E-state index < -0.39 is 6.10 Å². The maximum absolute atomic E-state index is 9.38. The maximum Gasteiger partial charge on any atom is 0.219 e. The summed E-state index contributed by atoms with van der Waals surface area (Å²) in [6, 6.07) is 12.9. The van der Waals surface area contributed by atoms with Crippen molar-refractivity contribution in [2.75, 3.05) is 0 Å². The summed E-state index contributed by atoms with van der Waals surface area (Å²) in [6.07, 6.45) is 1.44. The van der Waals surface area contributed by atoms with Crippen LogP contribution in [-0.2, 0) is 6.42 Å². The van der Waals surface area contributed by atoms with Gasteiger partial charge < -0.3 is 9.84 Å². The van der Waals surface area contributed by atoms with Crippen LogP contribution in [0.3, 0.4) is 0 Å². The Bertz CT molecular complexity index is 569. The van der Waals surface area contributed by atoms with Crippen LogP contribution >= 0.6 is 0 Å². The van der Waals surface area contributed by atoms with Crippen LogP contribution in [0.5, 0.6) is 11.6 Å². The van der Waals surface area contributed by atoms with E-state index in [0.717, 1.165) is 11.1 Å². The average molecular weight is 254 g/mol. The smallest absolute Gasteiger partial charge is 0.219 e. The van der Waals surface area contributed by atoms with Gasteiger partial charge in [-0.25, -0.2) is 4.98 Å². The summed E-state index contributed by atoms with van der Waals surface area (Å²) in [5.41, 5.74) is 1.70. The van der Waals surface area contributed by atoms with Crippen LogP contribution < -0.4 is 4.74 Å². The molecule has 0 aliphatic carbocycles. The van der Waals surface area contributed by atoms with Gasteiger partial charge in [0.1, 0.15) is 5.75 Å². The van der Waals surface area contributed by atoms with Gasteiger partial charge in [0.15, 0.2) is 0 Å². The molecule has 0 fully saturated rings. The van der Waals surface area contributed by atoms with Crippen molar-refractivity contribution in [1.29, 1.82) is 5.26 Å². The van der Waals surface area contributed by atoms with Crippen LogP contribution in [0.4, 0.5) is 0 Å². The zero-order chi connectivity index (χ0) is 13.7. The van der Waals surface area contributed by atoms with E-state index in [4.69, 9.17) is 10.00 Å². The molecule has 1 heterocycles. The summed E-state index contributed by atoms with van der Waals surface area (Å²) in [5, 5.41) is 18.0. The monoisotopic (exact) mass is 254 g/mol. The van der Waals surface area contributed by atoms with Crippen LogP contribution in [0.15, 0.2) is 42.6 Å². The highest BCUT2D eigenvalue weighted by molar-refractivity contribution is 5.32. The van der Waals surface area contributed by atoms with E-state index >= 15 is 0 Å². The number of benzene rings is 1. The van der Waals surface area contributed by atoms with Gasteiger partial charge in [-0.3, -0.25) is 0 Å². The number of aromatic nitrogens is 1. The highest BCUT2D eigenvalue weighted by Crippen LogP contribution is 2.21. The quantitative estimate of drug-likeness (QED) is 0.910. The van der Waals surface area contributed by atoms with E-state index in [1.165, 1.54) is 0 Å². The van der Waals surface area contributed by atoms with Crippen LogP contribution in [0, 0.1) is 11.3 Å². The average Bonchev–Trinajstić information content (AvgIpc) is 2.42. The van der Waals surface area contributed by atoms with Crippen LogP contribution in [0.2, 0.25) is 0 Å². The van der Waals surface area contributed by atoms with Gasteiger partial charge in [-0.15, -0.1) is 0 Å². The number of aliphatic hydroxyl groups excluding tert-OH is 1. The highest BCUT2D eigenvalue weighted by Gasteiger charge is 2.03. The van der Waals surface area contributed by atoms with Crippen molar-refractivity contribution >= 4 is 0 Å². The van der Waals surface area contributed by atoms with Gasteiger partial charge in [-0.1, -0.05) is 12.1 Å². The Morgan fingerprint density at radius 1 is 1.26 bits per heavy atom. The topological polar surface area (TPSA) is 66.1 Å². The zero-order valence-electron chi connectivity index (χ0n) is 10.6. The fourth-order valence-electron chi connectivity index (χ4n) is 1.59. The predicted octanol–water partition coefficient (Wildman–Crippen LogP) is 2.99. The molecular formula is C15H14N2O2. The molecule has 0 spiro atoms. The first kappa shape index (κ1) is 13.1. The van der Waals surface area contributed by atoms with Gasteiger partial charge in [-0.2, -0.15) is 5.26 Å². The summed E-state index contributed by atoms with van der Waals surface area (Å²) in [7, 11) is 0. The van der Waals surface area contributed by atoms with Crippen molar-refractivity contribution in [3.05, 3.63) is 53.7 Å². The Balaban J connectivity index is 2.06. The first-order valence-electron chi connectivity index (χ1n) is 5.97. The normalized spacial score (nSPS) is 11.6. The lowest BCUT2D eigenvalue weighted by atomic mass is 10.2. The summed E-state index contributed by atoms with van der Waals surface area (Å²) < 4.78 is 5.57. The van der Waals surface area contributed by atoms with Crippen LogP contribution in [0.1, 0.15) is 24.2 Å². The van der Waals surface area contributed by atoms with Gasteiger partial charge in [0.25, 0.3) is 0 Å². The maximum atomic E-state index is 9.38. The lowest BCUT2D eigenvalue weighted by Crippen LogP contribution is -1.93. The minimum absolute atomic E-state index is 0.390. The molecule has 0 aliphatic rings. The van der Waals surface area contributed by atoms with E-state index in [2.05, 4.69) is 11.1 Å². The highest BCUT2D eigenvalue weighted by atomic mass is 16.5. The molecule has 4 nitrogen and oxygen atoms in total. The van der Waals surface area contributed by atoms with Crippen molar-refractivity contribution in [3.8, 4) is 17.7 Å². The van der Waals surface area contributed by atoms with Crippen molar-refractivity contribution in [1.82, 2.24) is 4.98 Å². The predicted molar refractivity (Wildman–Crippen MR) is 70.7 cm³/mol. The molecule has 4 heteroatoms. The van der Waals surface area contributed by atoms with Crippen LogP contribution in [-0.4, -0.2) is 10.1 Å². The second-order valence-corrected chi connectivity index (χ2v) is 4.19. The zero-order valence-corrected chi connectivity index (χ0v) is 10.6. The number of aliphatic hydroxyl groups is 1. The molecule has 0 saturated heterocycles. The van der Waals surface area contributed by atoms with Crippen molar-refractivity contribution < 1.29 is 9.84 Å². The number of rotatable bonds is 4. The molecule has 19 heavy (non-hydrogen) atoms. The van der Waals surface area contributed by atoms with Gasteiger partial charge >= 0.3 is 0 Å². The molecule has 0 amide bonds. The SMILES string of the molecule is CC(O)c1ccc(Oc2ccc(CC#N)cc2)nc1. The molecule has 1 N–H and O–H groups in total. The van der Waals surface area contributed by atoms with E-state index in [1.54, 1.807) is 37.4 Å². The number of nitriles is 1. The molecule has 0 radical (unpaired) electrons. The lowest BCUT2D eigenvalue weighted by molar-refractivity contribution is 0.198. The Hall–Kier alpha value is -2.38. The fraction of sp³-hybridized carbons (Fsp3) is 0.200. The Kier molecular flexibility index (Phi) is 4.11. The van der Waals surface area contributed by atoms with E-state index in [1.807, 2.05) is 12.1 Å². The van der Waals surface area contributed by atoms with Gasteiger partial charge in [0, 0.05) is 12.3 Å². The summed E-state index contributed by atoms with van der Waals surface area (Å²) >= 11 is 0. The first-order valence-corrected chi connectivity index (χ1v) is 5.97. The number of pyridine rings is 1. The molecule has 1 aromatic heterocycles. The number of ether oxygens (including phenoxy) is 1. The molecule has 2 rings (SSSR count). The number of hydrogen-bond donors (Lipinski definition) is 1. The molecule has 0 saturated carbocycles. The van der Waals surface area contributed by atoms with E-state index in [9.17, 15) is 5.11 Å². The van der Waals surface area contributed by atoms with Crippen LogP contribution in [0.25, 0.3) is 0 Å². The first-order chi connectivity index (χ1) is 9.19. The molecule has 2 aromatic rings. The summed E-state index contributed by atoms with van der Waals surface area (Å²) in [5.74, 6) is 1.14. The third-order valence-electron chi connectivity index (χ3n) is 2.67. The molecular weight excluding hydrogens is 240 g/mol. The minimum Gasteiger partial charge on any atom is -0.439 e. The number of nitrogens with zero attached hydrogens (tertiary/aromatic N) is 2. The van der Waals surface area contributed by atoms with E-state index in [-0.39, 0.29) is 0 Å². The summed E-state index contributed by atoms with van der Waals surface area (Å²) in [6.45, 7) is 1.69. The summed E-state index contributed by atoms with van der Waals surface area (Å²) in [4.78, 5) is 4.12. The molecule has 96 valence electrons. The largest absolute Gasteiger partial charge is 0.439 e. The van der Waals surface area contributed by atoms with Gasteiger partial charge in [0.05, 0.1) is 18.6 Å². The Morgan fingerprint density at radius 2 is 2.00 bits per heavy atom. The third kappa shape index (κ3) is 3.54. The van der Waals surface area contributed by atoms with Gasteiger partial charge in [0.2, 0.25) is 5.88 Å². The standard InChI is InChI=1S/C15H14N2O2/c1-11(18)13-4-7-15(17-10-13)19-14-5-2-12(3-6-14)8-9-16/h2-7,10-11,18H,8H2,1H3. The molecule has 0 bridgehead atoms. The molecule has 1 aromatic carbocycles. The second-order valence-electron chi connectivity index (χ2n) is 4.19. The van der Waals surface area contributed by atoms with Gasteiger partial charge in [-0.05, 0) is 36.2 Å². The molecule has 0 aliphatic heterocycles. The Morgan fingerprint density at radius 3 is 2.53 bits per heavy atom. The van der Waals surface area contributed by atoms with Crippen molar-refractivity contribution in [3.63, 3.8) is 0 Å². The Labute approximate surface area is 111 Å². The fourth-order valence-corrected chi connectivity index (χ4v) is 1.59. The lowest BCUT2D eigenvalue weighted by Gasteiger charge is -2.07. The minimum atomic E-state index is -0.535. The van der Waals surface area contributed by atoms with Crippen molar-refractivity contribution in [2.24, 2.45) is 0 Å². The van der Waals surface area contributed by atoms with Crippen molar-refractivity contribution in [2.45, 2.75) is 19.4 Å². The number of hydrogen-bond acceptors (Lipinski definition) is 4. The van der Waals surface area contributed by atoms with E-state index in [0.29, 0.717) is 18.1 Å². The molecule has 1 unspecified atom stereocenters. The second kappa shape index (κ2) is 5.98. The third-order valence-corrected chi connectivity index (χ3v) is 2.67.